The molecular weight excluding hydrogens is 228 g/mol. The van der Waals surface area contributed by atoms with Crippen molar-refractivity contribution in [3.8, 4) is 0 Å². The Morgan fingerprint density at radius 2 is 2.17 bits per heavy atom. The Bertz CT molecular complexity index is 422. The van der Waals surface area contributed by atoms with Crippen molar-refractivity contribution >= 4 is 11.6 Å². The van der Waals surface area contributed by atoms with E-state index in [-0.39, 0.29) is 6.10 Å². The molecule has 2 rings (SSSR count). The number of aliphatic hydroxyl groups excluding tert-OH is 1. The SMILES string of the molecule is CCc1nc(N)c(C)c(NCC2CCC(O)C2)n1. The van der Waals surface area contributed by atoms with Gasteiger partial charge < -0.3 is 16.2 Å². The first-order valence-corrected chi connectivity index (χ1v) is 6.65. The van der Waals surface area contributed by atoms with Crippen LogP contribution in [0.2, 0.25) is 0 Å². The highest BCUT2D eigenvalue weighted by atomic mass is 16.3. The van der Waals surface area contributed by atoms with Gasteiger partial charge in [0.05, 0.1) is 6.10 Å². The third-order valence-corrected chi connectivity index (χ3v) is 3.62. The molecule has 5 nitrogen and oxygen atoms in total. The number of aromatic nitrogens is 2. The second kappa shape index (κ2) is 5.52. The van der Waals surface area contributed by atoms with Crippen LogP contribution in [0.25, 0.3) is 0 Å². The third-order valence-electron chi connectivity index (χ3n) is 3.62. The molecule has 1 saturated carbocycles. The van der Waals surface area contributed by atoms with Crippen molar-refractivity contribution in [2.45, 2.75) is 45.6 Å². The van der Waals surface area contributed by atoms with Gasteiger partial charge in [-0.05, 0) is 32.1 Å². The highest BCUT2D eigenvalue weighted by Crippen LogP contribution is 2.26. The summed E-state index contributed by atoms with van der Waals surface area (Å²) in [5.74, 6) is 2.68. The van der Waals surface area contributed by atoms with Crippen molar-refractivity contribution in [1.82, 2.24) is 9.97 Å². The molecule has 0 radical (unpaired) electrons. The number of nitrogens with two attached hydrogens (primary N) is 1. The highest BCUT2D eigenvalue weighted by Gasteiger charge is 2.22. The fourth-order valence-electron chi connectivity index (χ4n) is 2.39. The minimum absolute atomic E-state index is 0.125. The first kappa shape index (κ1) is 13.1. The maximum atomic E-state index is 9.50. The second-order valence-corrected chi connectivity index (χ2v) is 5.07. The van der Waals surface area contributed by atoms with E-state index in [9.17, 15) is 5.11 Å². The minimum Gasteiger partial charge on any atom is -0.393 e. The Kier molecular flexibility index (Phi) is 4.01. The third kappa shape index (κ3) is 2.90. The van der Waals surface area contributed by atoms with Crippen LogP contribution < -0.4 is 11.1 Å². The number of anilines is 2. The van der Waals surface area contributed by atoms with Gasteiger partial charge in [-0.1, -0.05) is 6.92 Å². The molecular formula is C13H22N4O. The van der Waals surface area contributed by atoms with E-state index < -0.39 is 0 Å². The zero-order chi connectivity index (χ0) is 13.1. The molecule has 0 aromatic carbocycles. The quantitative estimate of drug-likeness (QED) is 0.754. The van der Waals surface area contributed by atoms with Gasteiger partial charge >= 0.3 is 0 Å². The number of aliphatic hydroxyl groups is 1. The summed E-state index contributed by atoms with van der Waals surface area (Å²) in [7, 11) is 0. The standard InChI is InChI=1S/C13H22N4O/c1-3-11-16-12(14)8(2)13(17-11)15-7-9-4-5-10(18)6-9/h9-10,18H,3-7H2,1-2H3,(H3,14,15,16,17). The van der Waals surface area contributed by atoms with E-state index in [0.29, 0.717) is 11.7 Å². The van der Waals surface area contributed by atoms with Gasteiger partial charge in [-0.3, -0.25) is 0 Å². The predicted octanol–water partition coefficient (Wildman–Crippen LogP) is 1.50. The number of nitrogen functional groups attached to an aromatic ring is 1. The molecule has 1 fully saturated rings. The summed E-state index contributed by atoms with van der Waals surface area (Å²) in [6, 6.07) is 0. The lowest BCUT2D eigenvalue weighted by Gasteiger charge is -2.14. The molecule has 1 aromatic heterocycles. The molecule has 0 aliphatic heterocycles. The van der Waals surface area contributed by atoms with Crippen molar-refractivity contribution in [3.63, 3.8) is 0 Å². The smallest absolute Gasteiger partial charge is 0.134 e. The van der Waals surface area contributed by atoms with E-state index in [1.165, 1.54) is 0 Å². The summed E-state index contributed by atoms with van der Waals surface area (Å²) in [5.41, 5.74) is 6.78. The van der Waals surface area contributed by atoms with Crippen LogP contribution in [0.3, 0.4) is 0 Å². The van der Waals surface area contributed by atoms with Gasteiger partial charge in [0.2, 0.25) is 0 Å². The fourth-order valence-corrected chi connectivity index (χ4v) is 2.39. The van der Waals surface area contributed by atoms with Crippen LogP contribution in [0, 0.1) is 12.8 Å². The van der Waals surface area contributed by atoms with Gasteiger partial charge in [0.1, 0.15) is 17.5 Å². The second-order valence-electron chi connectivity index (χ2n) is 5.07. The number of hydrogen-bond donors (Lipinski definition) is 3. The van der Waals surface area contributed by atoms with Crippen LogP contribution >= 0.6 is 0 Å². The van der Waals surface area contributed by atoms with E-state index >= 15 is 0 Å². The molecule has 5 heteroatoms. The lowest BCUT2D eigenvalue weighted by atomic mass is 10.1. The number of nitrogens with one attached hydrogen (secondary N) is 1. The Hall–Kier alpha value is -1.36. The van der Waals surface area contributed by atoms with Gasteiger partial charge in [0, 0.05) is 18.5 Å². The normalized spacial score (nSPS) is 23.3. The van der Waals surface area contributed by atoms with Crippen molar-refractivity contribution < 1.29 is 5.11 Å². The summed E-state index contributed by atoms with van der Waals surface area (Å²) < 4.78 is 0. The monoisotopic (exact) mass is 250 g/mol. The first-order valence-electron chi connectivity index (χ1n) is 6.65. The summed E-state index contributed by atoms with van der Waals surface area (Å²) in [6.07, 6.45) is 3.53. The van der Waals surface area contributed by atoms with Crippen molar-refractivity contribution in [2.24, 2.45) is 5.92 Å². The van der Waals surface area contributed by atoms with Crippen LogP contribution in [0.15, 0.2) is 0 Å². The fraction of sp³-hybridized carbons (Fsp3) is 0.692. The van der Waals surface area contributed by atoms with Gasteiger partial charge in [-0.2, -0.15) is 0 Å². The molecule has 1 aliphatic rings. The predicted molar refractivity (Wildman–Crippen MR) is 72.4 cm³/mol. The minimum atomic E-state index is -0.125. The molecule has 0 bridgehead atoms. The van der Waals surface area contributed by atoms with Gasteiger partial charge in [-0.25, -0.2) is 9.97 Å². The first-order chi connectivity index (χ1) is 8.60. The summed E-state index contributed by atoms with van der Waals surface area (Å²) in [6.45, 7) is 4.79. The molecule has 1 heterocycles. The van der Waals surface area contributed by atoms with Crippen LogP contribution in [-0.4, -0.2) is 27.7 Å². The molecule has 2 unspecified atom stereocenters. The van der Waals surface area contributed by atoms with E-state index in [2.05, 4.69) is 15.3 Å². The van der Waals surface area contributed by atoms with Crippen LogP contribution in [0.1, 0.15) is 37.6 Å². The van der Waals surface area contributed by atoms with Gasteiger partial charge in [0.15, 0.2) is 0 Å². The van der Waals surface area contributed by atoms with Crippen LogP contribution in [0.5, 0.6) is 0 Å². The zero-order valence-corrected chi connectivity index (χ0v) is 11.1. The zero-order valence-electron chi connectivity index (χ0n) is 11.1. The molecule has 18 heavy (non-hydrogen) atoms. The lowest BCUT2D eigenvalue weighted by molar-refractivity contribution is 0.178. The average Bonchev–Trinajstić information content (AvgIpc) is 2.77. The van der Waals surface area contributed by atoms with E-state index in [0.717, 1.165) is 49.4 Å². The topological polar surface area (TPSA) is 84.1 Å². The molecule has 1 aromatic rings. The lowest BCUT2D eigenvalue weighted by Crippen LogP contribution is -2.16. The van der Waals surface area contributed by atoms with E-state index in [1.54, 1.807) is 0 Å². The van der Waals surface area contributed by atoms with Crippen molar-refractivity contribution in [3.05, 3.63) is 11.4 Å². The molecule has 2 atom stereocenters. The van der Waals surface area contributed by atoms with Crippen LogP contribution in [0.4, 0.5) is 11.6 Å². The number of aryl methyl sites for hydroxylation is 1. The van der Waals surface area contributed by atoms with Crippen molar-refractivity contribution in [1.29, 1.82) is 0 Å². The molecule has 0 amide bonds. The largest absolute Gasteiger partial charge is 0.393 e. The van der Waals surface area contributed by atoms with Crippen molar-refractivity contribution in [2.75, 3.05) is 17.6 Å². The number of rotatable bonds is 4. The maximum absolute atomic E-state index is 9.50. The average molecular weight is 250 g/mol. The van der Waals surface area contributed by atoms with E-state index in [4.69, 9.17) is 5.73 Å². The maximum Gasteiger partial charge on any atom is 0.134 e. The Labute approximate surface area is 108 Å². The molecule has 4 N–H and O–H groups in total. The Morgan fingerprint density at radius 1 is 1.39 bits per heavy atom. The Morgan fingerprint density at radius 3 is 2.78 bits per heavy atom. The van der Waals surface area contributed by atoms with Gasteiger partial charge in [-0.15, -0.1) is 0 Å². The molecule has 0 spiro atoms. The highest BCUT2D eigenvalue weighted by molar-refractivity contribution is 5.54. The summed E-state index contributed by atoms with van der Waals surface area (Å²) in [4.78, 5) is 8.70. The Balaban J connectivity index is 2.02. The van der Waals surface area contributed by atoms with E-state index in [1.807, 2.05) is 13.8 Å². The summed E-state index contributed by atoms with van der Waals surface area (Å²) >= 11 is 0. The number of hydrogen-bond acceptors (Lipinski definition) is 5. The molecule has 100 valence electrons. The van der Waals surface area contributed by atoms with Gasteiger partial charge in [0.25, 0.3) is 0 Å². The molecule has 1 aliphatic carbocycles. The van der Waals surface area contributed by atoms with Crippen LogP contribution in [-0.2, 0) is 6.42 Å². The summed E-state index contributed by atoms with van der Waals surface area (Å²) in [5, 5.41) is 12.9. The number of nitrogens with zero attached hydrogens (tertiary/aromatic N) is 2. The molecule has 0 saturated heterocycles.